The van der Waals surface area contributed by atoms with Crippen molar-refractivity contribution >= 4 is 7.05 Å². The second-order valence-electron chi connectivity index (χ2n) is 9.56. The Morgan fingerprint density at radius 1 is 0.793 bits per heavy atom. The van der Waals surface area contributed by atoms with Crippen molar-refractivity contribution in [2.24, 2.45) is 4.74 Å². The molecule has 1 nitrogen and oxygen atoms in total. The molecule has 0 aromatic carbocycles. The molecule has 0 amide bonds. The van der Waals surface area contributed by atoms with Gasteiger partial charge in [-0.3, -0.25) is 4.74 Å². The van der Waals surface area contributed by atoms with E-state index in [1.165, 1.54) is 82.7 Å². The van der Waals surface area contributed by atoms with Gasteiger partial charge in [-0.15, -0.1) is 0 Å². The molecule has 4 aliphatic rings. The predicted molar refractivity (Wildman–Crippen MR) is 128 cm³/mol. The van der Waals surface area contributed by atoms with Gasteiger partial charge < -0.3 is 0 Å². The van der Waals surface area contributed by atoms with E-state index < -0.39 is 7.05 Å². The van der Waals surface area contributed by atoms with Crippen molar-refractivity contribution in [3.63, 3.8) is 0 Å². The molecule has 4 rings (SSSR count). The molecule has 0 atom stereocenters. The summed E-state index contributed by atoms with van der Waals surface area (Å²) in [4.78, 5) is 0. The van der Waals surface area contributed by atoms with Gasteiger partial charge in [-0.1, -0.05) is 75.0 Å². The van der Waals surface area contributed by atoms with Crippen LogP contribution in [0, 0.1) is 0 Å². The van der Waals surface area contributed by atoms with Crippen molar-refractivity contribution in [1.29, 1.82) is 0 Å². The van der Waals surface area contributed by atoms with Gasteiger partial charge in [0.1, 0.15) is 0 Å². The molecule has 0 aromatic rings. The van der Waals surface area contributed by atoms with Crippen molar-refractivity contribution in [1.82, 2.24) is 0 Å². The van der Waals surface area contributed by atoms with Gasteiger partial charge in [-0.2, -0.15) is 0 Å². The minimum Gasteiger partial charge on any atom is -0.271 e. The Bertz CT molecular complexity index is 609. The molecule has 0 N–H and O–H groups in total. The average Bonchev–Trinajstić information content (AvgIpc) is 3.50. The van der Waals surface area contributed by atoms with Gasteiger partial charge in [-0.25, -0.2) is 0 Å². The van der Waals surface area contributed by atoms with Crippen LogP contribution in [0.1, 0.15) is 97.3 Å². The first-order valence-corrected chi connectivity index (χ1v) is 13.8. The van der Waals surface area contributed by atoms with Crippen molar-refractivity contribution < 1.29 is 21.7 Å². The molecule has 0 aliphatic heterocycles. The summed E-state index contributed by atoms with van der Waals surface area (Å²) >= 11 is 0. The second kappa shape index (κ2) is 12.1. The summed E-state index contributed by atoms with van der Waals surface area (Å²) in [5.41, 5.74) is 6.57. The maximum Gasteiger partial charge on any atom is 0.0425 e. The SMILES string of the molecule is C1=CCC(N=P(C2CCCC2)(C2CCCC2)C2CCCC2)=C1.C=C(C)C(=C)C.[Ti]. The molecule has 0 bridgehead atoms. The number of hydrogen-bond acceptors (Lipinski definition) is 1. The zero-order chi connectivity index (χ0) is 20.0. The van der Waals surface area contributed by atoms with E-state index in [9.17, 15) is 0 Å². The summed E-state index contributed by atoms with van der Waals surface area (Å²) in [5, 5.41) is 0. The molecule has 0 heterocycles. The monoisotopic (exact) mass is 447 g/mol. The molecule has 3 heteroatoms. The first-order chi connectivity index (χ1) is 13.5. The zero-order valence-electron chi connectivity index (χ0n) is 19.0. The van der Waals surface area contributed by atoms with E-state index in [1.54, 1.807) is 0 Å². The number of rotatable bonds is 5. The molecule has 160 valence electrons. The third-order valence-corrected chi connectivity index (χ3v) is 13.2. The Labute approximate surface area is 195 Å². The van der Waals surface area contributed by atoms with Crippen LogP contribution < -0.4 is 0 Å². The first-order valence-electron chi connectivity index (χ1n) is 11.8. The van der Waals surface area contributed by atoms with Gasteiger partial charge in [0.15, 0.2) is 0 Å². The van der Waals surface area contributed by atoms with Crippen molar-refractivity contribution in [3.8, 4) is 0 Å². The van der Waals surface area contributed by atoms with Crippen LogP contribution in [0.15, 0.2) is 53.0 Å². The molecular formula is C26H42NPTi. The third kappa shape index (κ3) is 6.21. The fraction of sp³-hybridized carbons (Fsp3) is 0.692. The summed E-state index contributed by atoms with van der Waals surface area (Å²) in [6.07, 6.45) is 25.9. The molecule has 3 fully saturated rings. The molecule has 0 radical (unpaired) electrons. The maximum absolute atomic E-state index is 5.76. The molecule has 0 saturated heterocycles. The van der Waals surface area contributed by atoms with E-state index in [0.29, 0.717) is 0 Å². The number of hydrogen-bond donors (Lipinski definition) is 0. The predicted octanol–water partition coefficient (Wildman–Crippen LogP) is 9.00. The van der Waals surface area contributed by atoms with Crippen LogP contribution in [0.25, 0.3) is 0 Å². The van der Waals surface area contributed by atoms with Crippen LogP contribution >= 0.6 is 7.05 Å². The molecule has 0 spiro atoms. The molecule has 4 aliphatic carbocycles. The van der Waals surface area contributed by atoms with Gasteiger partial charge >= 0.3 is 0 Å². The first kappa shape index (κ1) is 25.2. The van der Waals surface area contributed by atoms with Gasteiger partial charge in [0.25, 0.3) is 0 Å². The van der Waals surface area contributed by atoms with Gasteiger partial charge in [-0.05, 0) is 82.5 Å². The Balaban J connectivity index is 0.000000379. The quantitative estimate of drug-likeness (QED) is 0.227. The van der Waals surface area contributed by atoms with Crippen LogP contribution in [0.2, 0.25) is 0 Å². The summed E-state index contributed by atoms with van der Waals surface area (Å²) in [6.45, 7) is 11.2. The number of nitrogens with zero attached hydrogens (tertiary/aromatic N) is 1. The fourth-order valence-corrected chi connectivity index (χ4v) is 12.3. The molecule has 3 saturated carbocycles. The normalized spacial score (nSPS) is 22.8. The standard InChI is InChI=1S/C20H32NP.C6H10.Ti/c1-2-10-17(9-1)21-22(18-11-3-4-12-18,19-13-5-6-14-19)20-15-7-8-16-20;1-5(2)6(3)4;/h1-2,9,18-20H,3-8,10-16H2;1,3H2,2,4H3;. The van der Waals surface area contributed by atoms with E-state index in [-0.39, 0.29) is 21.7 Å². The molecule has 0 aromatic heterocycles. The fourth-order valence-electron chi connectivity index (χ4n) is 5.83. The molecular weight excluding hydrogens is 405 g/mol. The topological polar surface area (TPSA) is 12.4 Å². The minimum absolute atomic E-state index is 0. The van der Waals surface area contributed by atoms with E-state index in [4.69, 9.17) is 4.74 Å². The maximum atomic E-state index is 5.76. The van der Waals surface area contributed by atoms with Crippen LogP contribution in [0.4, 0.5) is 0 Å². The Morgan fingerprint density at radius 3 is 1.45 bits per heavy atom. The smallest absolute Gasteiger partial charge is 0.0425 e. The Morgan fingerprint density at radius 2 is 1.17 bits per heavy atom. The summed E-state index contributed by atoms with van der Waals surface area (Å²) in [7, 11) is -1.17. The van der Waals surface area contributed by atoms with Crippen LogP contribution in [-0.4, -0.2) is 17.0 Å². The van der Waals surface area contributed by atoms with E-state index in [2.05, 4.69) is 31.4 Å². The Hall–Kier alpha value is -0.0957. The summed E-state index contributed by atoms with van der Waals surface area (Å²) < 4.78 is 5.76. The van der Waals surface area contributed by atoms with E-state index in [1.807, 2.05) is 13.8 Å². The minimum atomic E-state index is -1.17. The van der Waals surface area contributed by atoms with E-state index >= 15 is 0 Å². The van der Waals surface area contributed by atoms with Crippen LogP contribution in [0.3, 0.4) is 0 Å². The van der Waals surface area contributed by atoms with Crippen molar-refractivity contribution in [2.45, 2.75) is 114 Å². The van der Waals surface area contributed by atoms with E-state index in [0.717, 1.165) is 34.5 Å². The summed E-state index contributed by atoms with van der Waals surface area (Å²) in [5.74, 6) is 0. The van der Waals surface area contributed by atoms with Crippen LogP contribution in [0.5, 0.6) is 0 Å². The third-order valence-electron chi connectivity index (χ3n) is 7.51. The van der Waals surface area contributed by atoms with Gasteiger partial charge in [0.2, 0.25) is 0 Å². The average molecular weight is 447 g/mol. The molecule has 0 unspecified atom stereocenters. The van der Waals surface area contributed by atoms with Crippen molar-refractivity contribution in [2.75, 3.05) is 0 Å². The van der Waals surface area contributed by atoms with Crippen molar-refractivity contribution in [3.05, 3.63) is 48.2 Å². The zero-order valence-corrected chi connectivity index (χ0v) is 21.4. The Kier molecular flexibility index (Phi) is 10.5. The second-order valence-corrected chi connectivity index (χ2v) is 13.5. The molecule has 29 heavy (non-hydrogen) atoms. The van der Waals surface area contributed by atoms with Gasteiger partial charge in [0, 0.05) is 33.8 Å². The summed E-state index contributed by atoms with van der Waals surface area (Å²) in [6, 6.07) is 0. The number of allylic oxidation sites excluding steroid dienone is 5. The van der Waals surface area contributed by atoms with Crippen LogP contribution in [-0.2, 0) is 21.7 Å². The van der Waals surface area contributed by atoms with Gasteiger partial charge in [0.05, 0.1) is 0 Å². The largest absolute Gasteiger partial charge is 0.271 e.